The van der Waals surface area contributed by atoms with Gasteiger partial charge in [-0.1, -0.05) is 32.0 Å². The molecule has 3 N–H and O–H groups in total. The number of ether oxygens (including phenoxy) is 1. The Labute approximate surface area is 219 Å². The maximum absolute atomic E-state index is 13.8. The van der Waals surface area contributed by atoms with E-state index in [-0.39, 0.29) is 24.4 Å². The molecule has 1 aliphatic heterocycles. The van der Waals surface area contributed by atoms with Crippen molar-refractivity contribution in [2.24, 2.45) is 0 Å². The number of imidazole rings is 1. The molecular weight excluding hydrogens is 485 g/mol. The fourth-order valence-corrected chi connectivity index (χ4v) is 5.14. The molecule has 9 nitrogen and oxygen atoms in total. The van der Waals surface area contributed by atoms with Crippen LogP contribution in [0.25, 0.3) is 22.3 Å². The molecule has 5 aromatic rings. The van der Waals surface area contributed by atoms with E-state index in [0.717, 1.165) is 28.0 Å². The molecule has 0 fully saturated rings. The fourth-order valence-electron chi connectivity index (χ4n) is 5.14. The molecule has 0 aliphatic carbocycles. The van der Waals surface area contributed by atoms with E-state index in [1.165, 1.54) is 6.07 Å². The highest BCUT2D eigenvalue weighted by Crippen LogP contribution is 2.43. The molecule has 1 aromatic carbocycles. The van der Waals surface area contributed by atoms with Gasteiger partial charge in [0.05, 0.1) is 41.6 Å². The monoisotopic (exact) mass is 515 g/mol. The molecule has 1 aliphatic rings. The zero-order chi connectivity index (χ0) is 26.4. The number of benzene rings is 1. The number of aromatic amines is 2. The van der Waals surface area contributed by atoms with Gasteiger partial charge in [0.1, 0.15) is 11.6 Å². The molecule has 38 heavy (non-hydrogen) atoms. The maximum Gasteiger partial charge on any atom is 0.245 e. The van der Waals surface area contributed by atoms with Crippen LogP contribution in [0.1, 0.15) is 67.3 Å². The van der Waals surface area contributed by atoms with E-state index in [1.54, 1.807) is 19.2 Å². The Hall–Kier alpha value is -3.89. The lowest BCUT2D eigenvalue weighted by Crippen LogP contribution is -2.53. The number of pyridine rings is 1. The van der Waals surface area contributed by atoms with Gasteiger partial charge in [-0.05, 0) is 44.0 Å². The molecule has 0 amide bonds. The molecule has 0 saturated carbocycles. The van der Waals surface area contributed by atoms with Gasteiger partial charge in [0.2, 0.25) is 11.8 Å². The van der Waals surface area contributed by atoms with E-state index in [0.29, 0.717) is 41.9 Å². The van der Waals surface area contributed by atoms with Crippen molar-refractivity contribution in [3.05, 3.63) is 83.0 Å². The Balaban J connectivity index is 1.49. The lowest BCUT2D eigenvalue weighted by molar-refractivity contribution is 0.0654. The van der Waals surface area contributed by atoms with Crippen LogP contribution in [0.5, 0.6) is 0 Å². The van der Waals surface area contributed by atoms with Crippen LogP contribution in [-0.4, -0.2) is 43.3 Å². The van der Waals surface area contributed by atoms with Crippen molar-refractivity contribution in [2.75, 3.05) is 13.2 Å². The molecule has 0 saturated heterocycles. The molecule has 5 heterocycles. The zero-order valence-corrected chi connectivity index (χ0v) is 21.8. The molecule has 196 valence electrons. The van der Waals surface area contributed by atoms with Crippen molar-refractivity contribution in [1.82, 2.24) is 35.5 Å². The number of aromatic nitrogens is 6. The van der Waals surface area contributed by atoms with Gasteiger partial charge in [0.15, 0.2) is 5.54 Å². The van der Waals surface area contributed by atoms with E-state index in [2.05, 4.69) is 42.6 Å². The van der Waals surface area contributed by atoms with Gasteiger partial charge in [0.25, 0.3) is 0 Å². The van der Waals surface area contributed by atoms with Gasteiger partial charge in [-0.3, -0.25) is 5.32 Å². The van der Waals surface area contributed by atoms with Gasteiger partial charge in [-0.2, -0.15) is 0 Å². The van der Waals surface area contributed by atoms with Crippen LogP contribution < -0.4 is 5.32 Å². The van der Waals surface area contributed by atoms with E-state index in [1.807, 2.05) is 32.9 Å². The molecule has 2 unspecified atom stereocenters. The van der Waals surface area contributed by atoms with Crippen LogP contribution in [0.2, 0.25) is 0 Å². The van der Waals surface area contributed by atoms with Gasteiger partial charge < -0.3 is 19.1 Å². The fraction of sp³-hybridized carbons (Fsp3) is 0.357. The normalized spacial score (nSPS) is 19.4. The number of rotatable bonds is 7. The summed E-state index contributed by atoms with van der Waals surface area (Å²) in [4.78, 5) is 16.1. The number of H-pyrrole nitrogens is 2. The van der Waals surface area contributed by atoms with Gasteiger partial charge in [0, 0.05) is 23.4 Å². The summed E-state index contributed by atoms with van der Waals surface area (Å²) in [5.41, 5.74) is 3.87. The molecule has 10 heteroatoms. The summed E-state index contributed by atoms with van der Waals surface area (Å²) in [6, 6.07) is 11.1. The number of hydrogen-bond acceptors (Lipinski definition) is 7. The van der Waals surface area contributed by atoms with Crippen LogP contribution in [0.15, 0.2) is 47.0 Å². The minimum absolute atomic E-state index is 0.0845. The Bertz CT molecular complexity index is 1600. The molecule has 0 spiro atoms. The third-order valence-electron chi connectivity index (χ3n) is 7.11. The Morgan fingerprint density at radius 1 is 1.16 bits per heavy atom. The van der Waals surface area contributed by atoms with Crippen molar-refractivity contribution in [2.45, 2.75) is 51.6 Å². The molecule has 4 aromatic heterocycles. The summed E-state index contributed by atoms with van der Waals surface area (Å²) in [5, 5.41) is 13.7. The SMILES string of the molecule is CCOCC1(c2nnc(C(C)C)o2)NC(c2ncc(-c3ccc(F)c(C)n3)[nH]2)Cc2c1[nH]c1ccccc21. The van der Waals surface area contributed by atoms with E-state index in [4.69, 9.17) is 14.1 Å². The van der Waals surface area contributed by atoms with E-state index >= 15 is 0 Å². The first-order valence-electron chi connectivity index (χ1n) is 12.9. The number of nitrogens with zero attached hydrogens (tertiary/aromatic N) is 4. The summed E-state index contributed by atoms with van der Waals surface area (Å²) in [6.07, 6.45) is 2.40. The minimum atomic E-state index is -0.926. The third kappa shape index (κ3) is 4.00. The number of fused-ring (bicyclic) bond motifs is 3. The van der Waals surface area contributed by atoms with Crippen LogP contribution in [0.4, 0.5) is 4.39 Å². The second kappa shape index (κ2) is 9.45. The molecule has 0 radical (unpaired) electrons. The van der Waals surface area contributed by atoms with Crippen molar-refractivity contribution >= 4 is 10.9 Å². The number of nitrogens with one attached hydrogen (secondary N) is 3. The largest absolute Gasteiger partial charge is 0.422 e. The minimum Gasteiger partial charge on any atom is -0.422 e. The van der Waals surface area contributed by atoms with Crippen LogP contribution in [0, 0.1) is 12.7 Å². The summed E-state index contributed by atoms with van der Waals surface area (Å²) >= 11 is 0. The van der Waals surface area contributed by atoms with Crippen LogP contribution in [-0.2, 0) is 16.7 Å². The van der Waals surface area contributed by atoms with Crippen molar-refractivity contribution in [3.63, 3.8) is 0 Å². The van der Waals surface area contributed by atoms with Crippen molar-refractivity contribution in [1.29, 1.82) is 0 Å². The lowest BCUT2D eigenvalue weighted by atomic mass is 9.83. The van der Waals surface area contributed by atoms with Crippen LogP contribution in [0.3, 0.4) is 0 Å². The highest BCUT2D eigenvalue weighted by molar-refractivity contribution is 5.85. The van der Waals surface area contributed by atoms with Gasteiger partial charge in [-0.15, -0.1) is 10.2 Å². The average Bonchev–Trinajstić information content (AvgIpc) is 3.67. The summed E-state index contributed by atoms with van der Waals surface area (Å²) < 4.78 is 26.1. The zero-order valence-electron chi connectivity index (χ0n) is 21.8. The third-order valence-corrected chi connectivity index (χ3v) is 7.11. The predicted octanol–water partition coefficient (Wildman–Crippen LogP) is 5.07. The average molecular weight is 516 g/mol. The second-order valence-electron chi connectivity index (χ2n) is 10.0. The Morgan fingerprint density at radius 3 is 2.76 bits per heavy atom. The Morgan fingerprint density at radius 2 is 2.00 bits per heavy atom. The number of hydrogen-bond donors (Lipinski definition) is 3. The molecular formula is C28H30FN7O2. The maximum atomic E-state index is 13.8. The van der Waals surface area contributed by atoms with Crippen molar-refractivity contribution in [3.8, 4) is 11.4 Å². The Kier molecular flexibility index (Phi) is 6.08. The predicted molar refractivity (Wildman–Crippen MR) is 140 cm³/mol. The first-order chi connectivity index (χ1) is 18.4. The van der Waals surface area contributed by atoms with E-state index in [9.17, 15) is 4.39 Å². The van der Waals surface area contributed by atoms with Gasteiger partial charge in [-0.25, -0.2) is 14.4 Å². The van der Waals surface area contributed by atoms with Crippen molar-refractivity contribution < 1.29 is 13.5 Å². The topological polar surface area (TPSA) is 118 Å². The summed E-state index contributed by atoms with van der Waals surface area (Å²) in [5.74, 6) is 1.48. The number of para-hydroxylation sites is 1. The quantitative estimate of drug-likeness (QED) is 0.277. The highest BCUT2D eigenvalue weighted by atomic mass is 19.1. The summed E-state index contributed by atoms with van der Waals surface area (Å²) in [6.45, 7) is 8.46. The lowest BCUT2D eigenvalue weighted by Gasteiger charge is -2.39. The standard InChI is InChI=1S/C28H30FN7O2/c1-5-37-14-28(27-36-35-26(38-27)15(2)3)24-18(17-8-6-7-9-20(17)32-24)12-22(34-28)25-30-13-23(33-25)21-11-10-19(29)16(4)31-21/h6-11,13,15,22,32,34H,5,12,14H2,1-4H3,(H,30,33). The molecule has 6 rings (SSSR count). The summed E-state index contributed by atoms with van der Waals surface area (Å²) in [7, 11) is 0. The van der Waals surface area contributed by atoms with Gasteiger partial charge >= 0.3 is 0 Å². The number of aryl methyl sites for hydroxylation is 1. The first-order valence-corrected chi connectivity index (χ1v) is 12.9. The molecule has 0 bridgehead atoms. The van der Waals surface area contributed by atoms with E-state index < -0.39 is 5.54 Å². The first kappa shape index (κ1) is 24.4. The number of halogens is 1. The second-order valence-corrected chi connectivity index (χ2v) is 10.0. The van der Waals surface area contributed by atoms with Crippen LogP contribution >= 0.6 is 0 Å². The smallest absolute Gasteiger partial charge is 0.245 e. The molecule has 2 atom stereocenters. The highest BCUT2D eigenvalue weighted by Gasteiger charge is 2.49.